The van der Waals surface area contributed by atoms with Crippen molar-refractivity contribution in [2.45, 2.75) is 31.8 Å². The molecule has 1 saturated heterocycles. The maximum absolute atomic E-state index is 6.29. The van der Waals surface area contributed by atoms with E-state index in [1.54, 1.807) is 0 Å². The summed E-state index contributed by atoms with van der Waals surface area (Å²) in [6.45, 7) is 5.68. The normalized spacial score (nSPS) is 26.6. The fraction of sp³-hybridized carbons (Fsp3) is 0.600. The van der Waals surface area contributed by atoms with E-state index in [0.717, 1.165) is 37.4 Å². The van der Waals surface area contributed by atoms with Gasteiger partial charge in [0.2, 0.25) is 0 Å². The zero-order valence-corrected chi connectivity index (χ0v) is 11.5. The Morgan fingerprint density at radius 2 is 2.05 bits per heavy atom. The van der Waals surface area contributed by atoms with Crippen molar-refractivity contribution in [1.82, 2.24) is 4.90 Å². The third-order valence-corrected chi connectivity index (χ3v) is 3.97. The molecule has 0 radical (unpaired) electrons. The SMILES string of the molecule is CCCN1CCC(N)C1c1ccc2c(c1)OCCO2. The zero-order valence-electron chi connectivity index (χ0n) is 11.5. The van der Waals surface area contributed by atoms with Crippen LogP contribution in [-0.2, 0) is 0 Å². The number of hydrogen-bond acceptors (Lipinski definition) is 4. The van der Waals surface area contributed by atoms with Gasteiger partial charge < -0.3 is 15.2 Å². The van der Waals surface area contributed by atoms with E-state index in [1.165, 1.54) is 5.56 Å². The number of ether oxygens (including phenoxy) is 2. The topological polar surface area (TPSA) is 47.7 Å². The Labute approximate surface area is 114 Å². The molecule has 4 nitrogen and oxygen atoms in total. The first-order valence-electron chi connectivity index (χ1n) is 7.18. The van der Waals surface area contributed by atoms with E-state index >= 15 is 0 Å². The number of likely N-dealkylation sites (tertiary alicyclic amines) is 1. The minimum Gasteiger partial charge on any atom is -0.486 e. The van der Waals surface area contributed by atoms with Crippen molar-refractivity contribution in [2.75, 3.05) is 26.3 Å². The van der Waals surface area contributed by atoms with Crippen LogP contribution < -0.4 is 15.2 Å². The summed E-state index contributed by atoms with van der Waals surface area (Å²) < 4.78 is 11.2. The second-order valence-corrected chi connectivity index (χ2v) is 5.34. The van der Waals surface area contributed by atoms with E-state index in [9.17, 15) is 0 Å². The van der Waals surface area contributed by atoms with Crippen molar-refractivity contribution < 1.29 is 9.47 Å². The predicted octanol–water partition coefficient (Wildman–Crippen LogP) is 1.94. The fourth-order valence-electron chi connectivity index (χ4n) is 3.12. The molecule has 2 N–H and O–H groups in total. The lowest BCUT2D eigenvalue weighted by molar-refractivity contribution is 0.170. The molecule has 2 heterocycles. The molecule has 0 amide bonds. The van der Waals surface area contributed by atoms with Crippen LogP contribution in [0.5, 0.6) is 11.5 Å². The lowest BCUT2D eigenvalue weighted by atomic mass is 10.00. The van der Waals surface area contributed by atoms with E-state index in [4.69, 9.17) is 15.2 Å². The Kier molecular flexibility index (Phi) is 3.62. The Morgan fingerprint density at radius 1 is 1.26 bits per heavy atom. The van der Waals surface area contributed by atoms with Crippen molar-refractivity contribution in [3.63, 3.8) is 0 Å². The smallest absolute Gasteiger partial charge is 0.161 e. The molecule has 2 aliphatic rings. The van der Waals surface area contributed by atoms with Gasteiger partial charge in [-0.15, -0.1) is 0 Å². The largest absolute Gasteiger partial charge is 0.486 e. The summed E-state index contributed by atoms with van der Waals surface area (Å²) in [5.74, 6) is 1.71. The van der Waals surface area contributed by atoms with Crippen LogP contribution in [0.1, 0.15) is 31.4 Å². The standard InChI is InChI=1S/C15H22N2O2/c1-2-6-17-7-5-12(16)15(17)11-3-4-13-14(10-11)19-9-8-18-13/h3-4,10,12,15H,2,5-9,16H2,1H3. The molecule has 104 valence electrons. The molecule has 0 saturated carbocycles. The van der Waals surface area contributed by atoms with Crippen LogP contribution in [-0.4, -0.2) is 37.2 Å². The number of hydrogen-bond donors (Lipinski definition) is 1. The van der Waals surface area contributed by atoms with E-state index in [2.05, 4.69) is 24.0 Å². The van der Waals surface area contributed by atoms with Crippen LogP contribution in [0.15, 0.2) is 18.2 Å². The summed E-state index contributed by atoms with van der Waals surface area (Å²) in [4.78, 5) is 2.48. The van der Waals surface area contributed by atoms with Crippen LogP contribution in [0, 0.1) is 0 Å². The second kappa shape index (κ2) is 5.39. The van der Waals surface area contributed by atoms with E-state index in [-0.39, 0.29) is 6.04 Å². The first kappa shape index (κ1) is 12.8. The lowest BCUT2D eigenvalue weighted by Crippen LogP contribution is -2.32. The Morgan fingerprint density at radius 3 is 2.84 bits per heavy atom. The minimum absolute atomic E-state index is 0.217. The number of rotatable bonds is 3. The highest BCUT2D eigenvalue weighted by atomic mass is 16.6. The first-order chi connectivity index (χ1) is 9.29. The summed E-state index contributed by atoms with van der Waals surface area (Å²) in [6.07, 6.45) is 2.23. The van der Waals surface area contributed by atoms with Crippen LogP contribution >= 0.6 is 0 Å². The number of benzene rings is 1. The molecule has 3 rings (SSSR count). The molecule has 0 spiro atoms. The lowest BCUT2D eigenvalue weighted by Gasteiger charge is -2.28. The molecule has 1 aromatic rings. The van der Waals surface area contributed by atoms with Crippen molar-refractivity contribution >= 4 is 0 Å². The van der Waals surface area contributed by atoms with Gasteiger partial charge in [0.25, 0.3) is 0 Å². The number of nitrogens with two attached hydrogens (primary N) is 1. The molecule has 2 unspecified atom stereocenters. The molecular weight excluding hydrogens is 240 g/mol. The van der Waals surface area contributed by atoms with Crippen LogP contribution in [0.3, 0.4) is 0 Å². The Bertz CT molecular complexity index is 448. The van der Waals surface area contributed by atoms with Gasteiger partial charge in [0, 0.05) is 12.6 Å². The van der Waals surface area contributed by atoms with Crippen LogP contribution in [0.25, 0.3) is 0 Å². The minimum atomic E-state index is 0.217. The van der Waals surface area contributed by atoms with E-state index in [1.807, 2.05) is 6.07 Å². The van der Waals surface area contributed by atoms with Gasteiger partial charge in [-0.05, 0) is 37.1 Å². The van der Waals surface area contributed by atoms with Gasteiger partial charge in [-0.25, -0.2) is 0 Å². The molecule has 4 heteroatoms. The molecule has 0 bridgehead atoms. The van der Waals surface area contributed by atoms with Gasteiger partial charge in [-0.2, -0.15) is 0 Å². The summed E-state index contributed by atoms with van der Waals surface area (Å²) in [5, 5.41) is 0. The third-order valence-electron chi connectivity index (χ3n) is 3.97. The van der Waals surface area contributed by atoms with Crippen LogP contribution in [0.2, 0.25) is 0 Å². The van der Waals surface area contributed by atoms with E-state index in [0.29, 0.717) is 19.3 Å². The predicted molar refractivity (Wildman–Crippen MR) is 74.6 cm³/mol. The average Bonchev–Trinajstić information content (AvgIpc) is 2.80. The molecule has 1 fully saturated rings. The van der Waals surface area contributed by atoms with Gasteiger partial charge in [-0.1, -0.05) is 13.0 Å². The highest BCUT2D eigenvalue weighted by Gasteiger charge is 2.32. The fourth-order valence-corrected chi connectivity index (χ4v) is 3.12. The highest BCUT2D eigenvalue weighted by Crippen LogP contribution is 2.37. The molecule has 0 aliphatic carbocycles. The summed E-state index contributed by atoms with van der Waals surface area (Å²) in [6, 6.07) is 6.78. The van der Waals surface area contributed by atoms with Gasteiger partial charge >= 0.3 is 0 Å². The molecule has 19 heavy (non-hydrogen) atoms. The van der Waals surface area contributed by atoms with Crippen molar-refractivity contribution in [1.29, 1.82) is 0 Å². The molecule has 2 atom stereocenters. The van der Waals surface area contributed by atoms with Crippen molar-refractivity contribution in [3.8, 4) is 11.5 Å². The molecular formula is C15H22N2O2. The zero-order chi connectivity index (χ0) is 13.2. The summed E-state index contributed by atoms with van der Waals surface area (Å²) >= 11 is 0. The van der Waals surface area contributed by atoms with Crippen molar-refractivity contribution in [3.05, 3.63) is 23.8 Å². The average molecular weight is 262 g/mol. The van der Waals surface area contributed by atoms with Gasteiger partial charge in [0.15, 0.2) is 11.5 Å². The van der Waals surface area contributed by atoms with Gasteiger partial charge in [0.05, 0.1) is 6.04 Å². The van der Waals surface area contributed by atoms with Gasteiger partial charge in [0.1, 0.15) is 13.2 Å². The summed E-state index contributed by atoms with van der Waals surface area (Å²) in [7, 11) is 0. The monoisotopic (exact) mass is 262 g/mol. The number of nitrogens with zero attached hydrogens (tertiary/aromatic N) is 1. The highest BCUT2D eigenvalue weighted by molar-refractivity contribution is 5.45. The van der Waals surface area contributed by atoms with Crippen molar-refractivity contribution in [2.24, 2.45) is 5.73 Å². The molecule has 2 aliphatic heterocycles. The van der Waals surface area contributed by atoms with Gasteiger partial charge in [-0.3, -0.25) is 4.90 Å². The van der Waals surface area contributed by atoms with Crippen LogP contribution in [0.4, 0.5) is 0 Å². The Balaban J connectivity index is 1.87. The first-order valence-corrected chi connectivity index (χ1v) is 7.18. The summed E-state index contributed by atoms with van der Waals surface area (Å²) in [5.41, 5.74) is 7.55. The number of fused-ring (bicyclic) bond motifs is 1. The molecule has 1 aromatic carbocycles. The third kappa shape index (κ3) is 2.42. The maximum Gasteiger partial charge on any atom is 0.161 e. The molecule has 0 aromatic heterocycles. The maximum atomic E-state index is 6.29. The second-order valence-electron chi connectivity index (χ2n) is 5.34. The Hall–Kier alpha value is -1.26. The van der Waals surface area contributed by atoms with E-state index < -0.39 is 0 Å². The quantitative estimate of drug-likeness (QED) is 0.904.